The molecule has 26 nitrogen and oxygen atoms in total. The minimum absolute atomic E-state index is 0.0812. The van der Waals surface area contributed by atoms with Crippen LogP contribution in [0.2, 0.25) is 0 Å². The number of nitrogens with zero attached hydrogens (tertiary/aromatic N) is 10. The van der Waals surface area contributed by atoms with Crippen LogP contribution in [0.5, 0.6) is 0 Å². The lowest BCUT2D eigenvalue weighted by Crippen LogP contribution is -2.43. The number of amides is 5. The number of benzene rings is 3. The number of carboxylic acid groups (broad SMARTS) is 1. The summed E-state index contributed by atoms with van der Waals surface area (Å²) in [5.74, 6) is -0.351. The zero-order valence-electron chi connectivity index (χ0n) is 71.8. The van der Waals surface area contributed by atoms with E-state index in [2.05, 4.69) is 83.1 Å². The summed E-state index contributed by atoms with van der Waals surface area (Å²) in [7, 11) is 0. The number of aromatic nitrogens is 4. The first-order chi connectivity index (χ1) is 55.2. The van der Waals surface area contributed by atoms with Crippen molar-refractivity contribution < 1.29 is 98.5 Å². The first kappa shape index (κ1) is 99.5. The van der Waals surface area contributed by atoms with Gasteiger partial charge in [0.2, 0.25) is 11.9 Å². The molecule has 119 heavy (non-hydrogen) atoms. The van der Waals surface area contributed by atoms with Crippen LogP contribution in [0, 0.1) is 0 Å². The summed E-state index contributed by atoms with van der Waals surface area (Å²) in [5, 5.41) is 22.1. The molecular formula is C85H121Br2F6N11O15. The number of alkyl halides is 6. The van der Waals surface area contributed by atoms with Crippen LogP contribution in [0.3, 0.4) is 0 Å². The minimum atomic E-state index is -4.97. The van der Waals surface area contributed by atoms with Gasteiger partial charge in [0.1, 0.15) is 34.0 Å². The molecule has 662 valence electrons. The van der Waals surface area contributed by atoms with Gasteiger partial charge in [0.25, 0.3) is 0 Å². The number of likely N-dealkylation sites (tertiary alicyclic amines) is 5. The van der Waals surface area contributed by atoms with E-state index >= 15 is 0 Å². The van der Waals surface area contributed by atoms with Gasteiger partial charge in [0, 0.05) is 81.1 Å². The van der Waals surface area contributed by atoms with Crippen LogP contribution in [0.25, 0.3) is 0 Å². The van der Waals surface area contributed by atoms with Crippen molar-refractivity contribution in [2.24, 2.45) is 0 Å². The van der Waals surface area contributed by atoms with Crippen molar-refractivity contribution >= 4 is 80.2 Å². The molecule has 10 rings (SSSR count). The molecular weight excluding hydrogens is 1690 g/mol. The highest BCUT2D eigenvalue weighted by Gasteiger charge is 2.46. The predicted molar refractivity (Wildman–Crippen MR) is 445 cm³/mol. The summed E-state index contributed by atoms with van der Waals surface area (Å²) in [4.78, 5) is 99.3. The second kappa shape index (κ2) is 43.4. The highest BCUT2D eigenvalue weighted by Crippen LogP contribution is 2.39. The van der Waals surface area contributed by atoms with Gasteiger partial charge in [-0.1, -0.05) is 88.4 Å². The summed E-state index contributed by atoms with van der Waals surface area (Å²) in [5.41, 5.74) is -3.66. The topological polar surface area (TPSA) is 291 Å². The SMILES string of the molecule is CC(C)(C)OC(=O)N1C[C@H](OCc2ccccc2)C[C@H]1C(=O)O.CC[C@@H]1C[C@@H](O)CN1C(=O)OC(C)(C)C.CC[C@@H]1C[C@@H](OCc2ccccc2)CN1C(=O)OC(C)(C)C.CC[C@@H]1C[C@H](N(Cc2cc(C(F)(F)F)cc(C(F)(F)F)c2)c2ncc(Br)cn2)CN1C(=O)OC(C)(C)C.CC[C@@H]1C[C@H](Nc2ncc(Br)cn2)CN1C(=O)OC(C)(C)C. The van der Waals surface area contributed by atoms with Crippen LogP contribution in [0.4, 0.5) is 62.2 Å². The molecule has 3 aromatic carbocycles. The lowest BCUT2D eigenvalue weighted by molar-refractivity contribution is -0.143. The highest BCUT2D eigenvalue weighted by atomic mass is 79.9. The number of aliphatic carboxylic acids is 1. The summed E-state index contributed by atoms with van der Waals surface area (Å²) in [6.07, 6.45) is 0.0717. The van der Waals surface area contributed by atoms with Crippen molar-refractivity contribution in [3.63, 3.8) is 0 Å². The van der Waals surface area contributed by atoms with E-state index in [1.807, 2.05) is 134 Å². The molecule has 5 aromatic rings. The van der Waals surface area contributed by atoms with E-state index in [0.717, 1.165) is 47.7 Å². The lowest BCUT2D eigenvalue weighted by atomic mass is 10.0. The molecule has 2 aromatic heterocycles. The van der Waals surface area contributed by atoms with E-state index in [1.165, 1.54) is 27.1 Å². The Hall–Kier alpha value is -8.34. The van der Waals surface area contributed by atoms with Crippen molar-refractivity contribution in [1.29, 1.82) is 0 Å². The summed E-state index contributed by atoms with van der Waals surface area (Å²) < 4.78 is 121. The van der Waals surface area contributed by atoms with E-state index in [0.29, 0.717) is 74.7 Å². The fraction of sp³-hybridized carbons (Fsp3) is 0.624. The molecule has 5 fully saturated rings. The van der Waals surface area contributed by atoms with Gasteiger partial charge >= 0.3 is 48.8 Å². The second-order valence-corrected chi connectivity index (χ2v) is 36.7. The standard InChI is InChI=1S/C24H27BrF6N4O2.C18H27NO3.C17H23NO5.C15H23BrN4O2.C11H21NO3/c1-5-18-9-19(13-35(18)21(36)37-22(2,3)4)34(20-32-10-17(25)11-33-20)12-14-6-15(23(26,27)28)8-16(7-14)24(29,30)31;1-5-15-11-16(21-13-14-9-7-6-8-10-14)12-19(15)17(20)22-18(2,3)4;1-17(2,3)23-16(21)18-10-13(9-14(18)15(19)20)22-11-12-7-5-4-6-8-12;1-5-12-6-11(19-13-17-7-10(16)8-18-13)9-20(12)14(21)22-15(2,3)4;1-5-8-6-9(13)7-12(8)10(14)15-11(2,3)4/h6-8,10-11,18-19H,5,9,12-13H2,1-4H3;6-10,15-16H,5,11-13H2,1-4H3;4-8,13-14H,9-11H2,1-3H3,(H,19,20);7-8,11-12H,5-6,9H2,1-4H3,(H,17,18,19);8-9,13H,5-7H2,1-4H3/t18-,19+;15-,16-;13-,14+;11-,12+;8-,9-/m11101/s1. The molecule has 0 radical (unpaired) electrons. The van der Waals surface area contributed by atoms with Crippen LogP contribution in [-0.4, -0.2) is 212 Å². The zero-order chi connectivity index (χ0) is 88.9. The van der Waals surface area contributed by atoms with E-state index in [4.69, 9.17) is 33.2 Å². The van der Waals surface area contributed by atoms with Gasteiger partial charge < -0.3 is 73.2 Å². The quantitative estimate of drug-likeness (QED) is 0.0576. The Morgan fingerprint density at radius 3 is 1.21 bits per heavy atom. The first-order valence-corrected chi connectivity index (χ1v) is 41.8. The van der Waals surface area contributed by atoms with Crippen LogP contribution >= 0.6 is 31.9 Å². The molecule has 5 amide bonds. The van der Waals surface area contributed by atoms with Gasteiger partial charge in [0.15, 0.2) is 0 Å². The van der Waals surface area contributed by atoms with E-state index in [1.54, 1.807) is 58.8 Å². The Bertz CT molecular complexity index is 4010. The molecule has 3 N–H and O–H groups in total. The smallest absolute Gasteiger partial charge is 0.416 e. The van der Waals surface area contributed by atoms with Crippen molar-refractivity contribution in [2.75, 3.05) is 42.9 Å². The Morgan fingerprint density at radius 1 is 0.454 bits per heavy atom. The average Bonchev–Trinajstić information content (AvgIpc) is 1.38. The van der Waals surface area contributed by atoms with Gasteiger partial charge in [-0.2, -0.15) is 26.3 Å². The van der Waals surface area contributed by atoms with Crippen LogP contribution in [0.15, 0.2) is 113 Å². The van der Waals surface area contributed by atoms with Crippen molar-refractivity contribution in [3.8, 4) is 0 Å². The summed E-state index contributed by atoms with van der Waals surface area (Å²) in [6, 6.07) is 20.2. The summed E-state index contributed by atoms with van der Waals surface area (Å²) in [6.45, 7) is 38.0. The first-order valence-electron chi connectivity index (χ1n) is 40.2. The number of rotatable bonds is 17. The molecule has 10 atom stereocenters. The molecule has 0 aliphatic carbocycles. The number of aliphatic hydroxyl groups excluding tert-OH is 1. The monoisotopic (exact) mass is 1810 g/mol. The van der Waals surface area contributed by atoms with Gasteiger partial charge in [-0.3, -0.25) is 4.90 Å². The molecule has 5 saturated heterocycles. The molecule has 0 bridgehead atoms. The Kier molecular flexibility index (Phi) is 36.3. The highest BCUT2D eigenvalue weighted by molar-refractivity contribution is 9.10. The zero-order valence-corrected chi connectivity index (χ0v) is 75.0. The maximum absolute atomic E-state index is 13.4. The van der Waals surface area contributed by atoms with Crippen molar-refractivity contribution in [1.82, 2.24) is 44.4 Å². The molecule has 34 heteroatoms. The normalized spacial score (nSPS) is 21.4. The van der Waals surface area contributed by atoms with E-state index in [9.17, 15) is 65.3 Å². The number of carboxylic acids is 1. The maximum Gasteiger partial charge on any atom is 0.416 e. The van der Waals surface area contributed by atoms with Crippen LogP contribution < -0.4 is 10.2 Å². The Balaban J connectivity index is 0.000000238. The Morgan fingerprint density at radius 2 is 0.807 bits per heavy atom. The number of anilines is 2. The minimum Gasteiger partial charge on any atom is -0.480 e. The fourth-order valence-electron chi connectivity index (χ4n) is 13.7. The molecule has 0 unspecified atom stereocenters. The number of nitrogens with one attached hydrogen (secondary N) is 1. The molecule has 0 spiro atoms. The average molecular weight is 1810 g/mol. The Labute approximate surface area is 712 Å². The fourth-order valence-corrected chi connectivity index (χ4v) is 14.1. The third-order valence-electron chi connectivity index (χ3n) is 19.1. The van der Waals surface area contributed by atoms with E-state index in [-0.39, 0.29) is 104 Å². The van der Waals surface area contributed by atoms with E-state index < -0.39 is 87.8 Å². The molecule has 7 heterocycles. The van der Waals surface area contributed by atoms with Crippen molar-refractivity contribution in [2.45, 2.75) is 310 Å². The van der Waals surface area contributed by atoms with Gasteiger partial charge in [-0.05, 0) is 222 Å². The number of halogens is 8. The lowest BCUT2D eigenvalue weighted by Gasteiger charge is -2.30. The third-order valence-corrected chi connectivity index (χ3v) is 19.9. The van der Waals surface area contributed by atoms with Gasteiger partial charge in [-0.15, -0.1) is 0 Å². The van der Waals surface area contributed by atoms with Gasteiger partial charge in [0.05, 0.1) is 77.3 Å². The molecule has 5 aliphatic rings. The number of ether oxygens (including phenoxy) is 7. The van der Waals surface area contributed by atoms with Crippen molar-refractivity contribution in [3.05, 3.63) is 140 Å². The molecule has 0 saturated carbocycles. The number of carbonyl (C=O) groups is 6. The number of hydrogen-bond donors (Lipinski definition) is 3. The van der Waals surface area contributed by atoms with Crippen LogP contribution in [0.1, 0.15) is 217 Å². The second-order valence-electron chi connectivity index (χ2n) is 34.9. The van der Waals surface area contributed by atoms with Crippen LogP contribution in [-0.2, 0) is 70.1 Å². The number of carbonyl (C=O) groups excluding carboxylic acids is 5. The largest absolute Gasteiger partial charge is 0.480 e. The summed E-state index contributed by atoms with van der Waals surface area (Å²) >= 11 is 6.54. The third kappa shape index (κ3) is 33.5. The maximum atomic E-state index is 13.4. The number of β-amino-alcohol motifs (C(OH)–C–C–N with tert-alkyl or cyclic N) is 1. The molecule has 5 aliphatic heterocycles. The number of aliphatic hydroxyl groups is 1. The number of hydrogen-bond acceptors (Lipinski definition) is 20. The predicted octanol–water partition coefficient (Wildman–Crippen LogP) is 18.9. The van der Waals surface area contributed by atoms with Gasteiger partial charge in [-0.25, -0.2) is 48.7 Å².